The smallest absolute Gasteiger partial charge is 0.496 e. The van der Waals surface area contributed by atoms with Gasteiger partial charge in [0.05, 0.1) is 49.5 Å². The molecule has 0 spiro atoms. The Hall–Kier alpha value is -5.88. The van der Waals surface area contributed by atoms with Crippen LogP contribution in [-0.2, 0) is 13.2 Å². The Kier molecular flexibility index (Phi) is 14.4. The standard InChI is InChI=1S/2C25H30F3N3O3/c2*1-15-9-18(13-24(2,3)12-15)31-21-11-22(33-4)16(14-32)10-20(21)30-23(31)29-17-5-7-19(8-6-17)34-25(26,27)28/h2*5-8,10-11,15,18,32H,9,12-14H2,1-4H3,(H,29,30)/t2*15-,18+/m10/s1. The van der Waals surface area contributed by atoms with Gasteiger partial charge in [-0.2, -0.15) is 0 Å². The summed E-state index contributed by atoms with van der Waals surface area (Å²) >= 11 is 0. The van der Waals surface area contributed by atoms with E-state index in [1.54, 1.807) is 14.2 Å². The van der Waals surface area contributed by atoms with Crippen LogP contribution in [0.4, 0.5) is 49.6 Å². The van der Waals surface area contributed by atoms with Crippen molar-refractivity contribution >= 4 is 45.3 Å². The van der Waals surface area contributed by atoms with Crippen molar-refractivity contribution in [3.8, 4) is 23.0 Å². The van der Waals surface area contributed by atoms with Gasteiger partial charge >= 0.3 is 12.7 Å². The van der Waals surface area contributed by atoms with Gasteiger partial charge in [0.25, 0.3) is 0 Å². The van der Waals surface area contributed by atoms with Gasteiger partial charge in [0.15, 0.2) is 0 Å². The highest BCUT2D eigenvalue weighted by Crippen LogP contribution is 2.48. The number of imidazole rings is 2. The summed E-state index contributed by atoms with van der Waals surface area (Å²) in [5, 5.41) is 26.1. The molecule has 4 N–H and O–H groups in total. The predicted octanol–water partition coefficient (Wildman–Crippen LogP) is 13.1. The largest absolute Gasteiger partial charge is 0.573 e. The molecular formula is C50H60F6N6O6. The van der Waals surface area contributed by atoms with Gasteiger partial charge in [-0.25, -0.2) is 9.97 Å². The van der Waals surface area contributed by atoms with E-state index < -0.39 is 12.7 Å². The van der Waals surface area contributed by atoms with Crippen LogP contribution in [0.15, 0.2) is 72.8 Å². The first-order valence-electron chi connectivity index (χ1n) is 22.6. The topological polar surface area (TPSA) is 137 Å². The van der Waals surface area contributed by atoms with Gasteiger partial charge in [-0.3, -0.25) is 0 Å². The molecule has 0 saturated heterocycles. The number of nitrogens with one attached hydrogen (secondary N) is 2. The van der Waals surface area contributed by atoms with E-state index in [9.17, 15) is 36.6 Å². The second-order valence-electron chi connectivity index (χ2n) is 19.8. The van der Waals surface area contributed by atoms with Crippen LogP contribution in [0.1, 0.15) is 103 Å². The van der Waals surface area contributed by atoms with Crippen LogP contribution in [0, 0.1) is 22.7 Å². The minimum absolute atomic E-state index is 0.155. The second kappa shape index (κ2) is 19.6. The maximum Gasteiger partial charge on any atom is 0.573 e. The van der Waals surface area contributed by atoms with Crippen molar-refractivity contribution in [2.75, 3.05) is 24.9 Å². The highest BCUT2D eigenvalue weighted by atomic mass is 19.4. The molecule has 68 heavy (non-hydrogen) atoms. The minimum atomic E-state index is -4.74. The van der Waals surface area contributed by atoms with Crippen molar-refractivity contribution in [1.29, 1.82) is 0 Å². The molecule has 2 aliphatic rings. The molecule has 0 aliphatic heterocycles. The number of fused-ring (bicyclic) bond motifs is 2. The van der Waals surface area contributed by atoms with Crippen molar-refractivity contribution in [2.24, 2.45) is 22.7 Å². The first-order chi connectivity index (χ1) is 32.0. The zero-order valence-electron chi connectivity index (χ0n) is 39.5. The van der Waals surface area contributed by atoms with E-state index in [-0.39, 0.29) is 47.6 Å². The number of methoxy groups -OCH3 is 2. The number of ether oxygens (including phenoxy) is 4. The summed E-state index contributed by atoms with van der Waals surface area (Å²) in [6, 6.07) is 18.9. The third kappa shape index (κ3) is 12.0. The van der Waals surface area contributed by atoms with Gasteiger partial charge in [0.2, 0.25) is 11.9 Å². The van der Waals surface area contributed by atoms with Gasteiger partial charge in [-0.1, -0.05) is 41.5 Å². The van der Waals surface area contributed by atoms with Gasteiger partial charge in [-0.05, 0) is 122 Å². The SMILES string of the molecule is COc1cc2c(cc1CO)nc(Nc1ccc(OC(F)(F)F)cc1)n2[C@@H]1C[C@H](C)CC(C)(C)C1.COc1cc2c(cc1CO)nc(Nc1ccc(OC(F)(F)F)cc1)n2[C@H]1C[C@@H](C)CC(C)(C)C1. The zero-order chi connectivity index (χ0) is 49.3. The predicted molar refractivity (Wildman–Crippen MR) is 249 cm³/mol. The van der Waals surface area contributed by atoms with E-state index in [4.69, 9.17) is 19.4 Å². The average Bonchev–Trinajstić information content (AvgIpc) is 3.77. The molecule has 0 amide bonds. The molecule has 4 aromatic carbocycles. The van der Waals surface area contributed by atoms with Gasteiger partial charge in [0, 0.05) is 46.7 Å². The van der Waals surface area contributed by atoms with Crippen LogP contribution < -0.4 is 29.6 Å². The summed E-state index contributed by atoms with van der Waals surface area (Å²) < 4.78 is 98.3. The lowest BCUT2D eigenvalue weighted by atomic mass is 9.70. The molecule has 2 aliphatic carbocycles. The highest BCUT2D eigenvalue weighted by Gasteiger charge is 2.37. The number of nitrogens with zero attached hydrogens (tertiary/aromatic N) is 4. The Bertz CT molecular complexity index is 2500. The monoisotopic (exact) mass is 954 g/mol. The Morgan fingerprint density at radius 3 is 1.24 bits per heavy atom. The van der Waals surface area contributed by atoms with Crippen LogP contribution in [0.3, 0.4) is 0 Å². The molecule has 0 bridgehead atoms. The number of aliphatic hydroxyl groups excluding tert-OH is 2. The van der Waals surface area contributed by atoms with E-state index in [1.807, 2.05) is 24.3 Å². The van der Waals surface area contributed by atoms with Gasteiger partial charge < -0.3 is 48.9 Å². The number of aliphatic hydroxyl groups is 2. The number of hydrogen-bond donors (Lipinski definition) is 4. The van der Waals surface area contributed by atoms with Crippen LogP contribution in [0.25, 0.3) is 22.1 Å². The summed E-state index contributed by atoms with van der Waals surface area (Å²) in [5.41, 5.74) is 5.93. The fourth-order valence-corrected chi connectivity index (χ4v) is 10.6. The Balaban J connectivity index is 0.000000201. The molecule has 0 unspecified atom stereocenters. The molecule has 12 nitrogen and oxygen atoms in total. The van der Waals surface area contributed by atoms with Gasteiger partial charge in [-0.15, -0.1) is 26.3 Å². The number of rotatable bonds is 12. The lowest BCUT2D eigenvalue weighted by Crippen LogP contribution is -2.29. The molecule has 2 heterocycles. The Morgan fingerprint density at radius 2 is 0.941 bits per heavy atom. The third-order valence-electron chi connectivity index (χ3n) is 12.7. The van der Waals surface area contributed by atoms with Crippen molar-refractivity contribution in [1.82, 2.24) is 19.1 Å². The zero-order valence-corrected chi connectivity index (χ0v) is 39.5. The summed E-state index contributed by atoms with van der Waals surface area (Å²) in [6.45, 7) is 13.2. The summed E-state index contributed by atoms with van der Waals surface area (Å²) in [6.07, 6.45) is -3.33. The summed E-state index contributed by atoms with van der Waals surface area (Å²) in [7, 11) is 3.13. The minimum Gasteiger partial charge on any atom is -0.496 e. The van der Waals surface area contributed by atoms with E-state index in [2.05, 4.69) is 70.8 Å². The number of alkyl halides is 6. The number of halogens is 6. The molecule has 2 aromatic heterocycles. The Labute approximate surface area is 391 Å². The van der Waals surface area contributed by atoms with Crippen molar-refractivity contribution < 1.29 is 55.5 Å². The van der Waals surface area contributed by atoms with E-state index in [1.165, 1.54) is 48.5 Å². The molecule has 4 atom stereocenters. The number of aromatic nitrogens is 4. The summed E-state index contributed by atoms with van der Waals surface area (Å²) in [5.74, 6) is 2.82. The van der Waals surface area contributed by atoms with Crippen molar-refractivity contribution in [2.45, 2.75) is 118 Å². The first kappa shape index (κ1) is 50.0. The number of anilines is 4. The lowest BCUT2D eigenvalue weighted by Gasteiger charge is -2.40. The molecule has 0 radical (unpaired) electrons. The molecule has 8 rings (SSSR count). The Morgan fingerprint density at radius 1 is 0.588 bits per heavy atom. The quantitative estimate of drug-likeness (QED) is 0.0878. The lowest BCUT2D eigenvalue weighted by molar-refractivity contribution is -0.275. The molecule has 368 valence electrons. The maximum absolute atomic E-state index is 12.5. The maximum atomic E-state index is 12.5. The number of benzene rings is 4. The number of hydrogen-bond acceptors (Lipinski definition) is 10. The van der Waals surface area contributed by atoms with Crippen LogP contribution >= 0.6 is 0 Å². The highest BCUT2D eigenvalue weighted by molar-refractivity contribution is 5.84. The molecule has 2 fully saturated rings. The van der Waals surface area contributed by atoms with E-state index in [0.717, 1.165) is 49.6 Å². The molecular weight excluding hydrogens is 895 g/mol. The second-order valence-corrected chi connectivity index (χ2v) is 19.8. The van der Waals surface area contributed by atoms with Gasteiger partial charge in [0.1, 0.15) is 23.0 Å². The third-order valence-corrected chi connectivity index (χ3v) is 12.7. The van der Waals surface area contributed by atoms with E-state index >= 15 is 0 Å². The molecule has 6 aromatic rings. The fraction of sp³-hybridized carbons (Fsp3) is 0.480. The van der Waals surface area contributed by atoms with Crippen molar-refractivity contribution in [3.05, 3.63) is 83.9 Å². The fourth-order valence-electron chi connectivity index (χ4n) is 10.6. The van der Waals surface area contributed by atoms with Crippen LogP contribution in [0.5, 0.6) is 23.0 Å². The van der Waals surface area contributed by atoms with Crippen molar-refractivity contribution in [3.63, 3.8) is 0 Å². The first-order valence-corrected chi connectivity index (χ1v) is 22.6. The molecule has 2 saturated carbocycles. The molecule has 18 heteroatoms. The van der Waals surface area contributed by atoms with E-state index in [0.29, 0.717) is 68.8 Å². The average molecular weight is 955 g/mol. The van der Waals surface area contributed by atoms with Crippen LogP contribution in [-0.4, -0.2) is 56.3 Å². The summed E-state index contributed by atoms with van der Waals surface area (Å²) in [4.78, 5) is 9.59. The normalized spacial score (nSPS) is 20.4. The van der Waals surface area contributed by atoms with Crippen LogP contribution in [0.2, 0.25) is 0 Å².